The van der Waals surface area contributed by atoms with Crippen molar-refractivity contribution >= 4 is 23.2 Å². The Morgan fingerprint density at radius 1 is 1.38 bits per heavy atom. The molecule has 1 amide bonds. The number of nitrogens with zero attached hydrogens (tertiary/aromatic N) is 4. The summed E-state index contributed by atoms with van der Waals surface area (Å²) in [6.07, 6.45) is 6.18. The monoisotopic (exact) mass is 349 g/mol. The summed E-state index contributed by atoms with van der Waals surface area (Å²) < 4.78 is 1.58. The zero-order valence-corrected chi connectivity index (χ0v) is 13.5. The quantitative estimate of drug-likeness (QED) is 0.519. The molecule has 0 aliphatic heterocycles. The SMILES string of the molecule is O=C(N[C@@H]1CCCC[C@H]1n1cc([N+](=O)[O-])cn1)c1cccc(Cl)n1. The van der Waals surface area contributed by atoms with Gasteiger partial charge in [-0.25, -0.2) is 4.98 Å². The summed E-state index contributed by atoms with van der Waals surface area (Å²) in [6, 6.07) is 4.59. The highest BCUT2D eigenvalue weighted by atomic mass is 35.5. The van der Waals surface area contributed by atoms with Crippen LogP contribution in [0.5, 0.6) is 0 Å². The molecule has 1 fully saturated rings. The van der Waals surface area contributed by atoms with E-state index in [1.54, 1.807) is 22.9 Å². The number of rotatable bonds is 4. The lowest BCUT2D eigenvalue weighted by Crippen LogP contribution is -2.43. The molecule has 1 N–H and O–H groups in total. The maximum Gasteiger partial charge on any atom is 0.307 e. The first-order chi connectivity index (χ1) is 11.5. The van der Waals surface area contributed by atoms with Crippen molar-refractivity contribution in [3.63, 3.8) is 0 Å². The number of nitro groups is 1. The second kappa shape index (κ2) is 6.96. The van der Waals surface area contributed by atoms with Crippen molar-refractivity contribution in [1.82, 2.24) is 20.1 Å². The van der Waals surface area contributed by atoms with Crippen molar-refractivity contribution < 1.29 is 9.72 Å². The van der Waals surface area contributed by atoms with Crippen LogP contribution in [0.1, 0.15) is 42.2 Å². The average Bonchev–Trinajstić information content (AvgIpc) is 3.05. The molecule has 24 heavy (non-hydrogen) atoms. The van der Waals surface area contributed by atoms with Gasteiger partial charge in [-0.3, -0.25) is 19.6 Å². The maximum atomic E-state index is 12.4. The van der Waals surface area contributed by atoms with Crippen LogP contribution in [0, 0.1) is 10.1 Å². The van der Waals surface area contributed by atoms with Gasteiger partial charge in [0, 0.05) is 0 Å². The fourth-order valence-electron chi connectivity index (χ4n) is 2.98. The van der Waals surface area contributed by atoms with Gasteiger partial charge in [0.25, 0.3) is 5.91 Å². The largest absolute Gasteiger partial charge is 0.346 e. The highest BCUT2D eigenvalue weighted by Crippen LogP contribution is 2.29. The summed E-state index contributed by atoms with van der Waals surface area (Å²) >= 11 is 5.82. The fraction of sp³-hybridized carbons (Fsp3) is 0.400. The third kappa shape index (κ3) is 3.53. The predicted octanol–water partition coefficient (Wildman–Crippen LogP) is 2.75. The van der Waals surface area contributed by atoms with Crippen molar-refractivity contribution in [3.8, 4) is 0 Å². The number of carbonyl (C=O) groups excluding carboxylic acids is 1. The number of amides is 1. The molecule has 126 valence electrons. The first-order valence-electron chi connectivity index (χ1n) is 7.66. The Balaban J connectivity index is 1.76. The topological polar surface area (TPSA) is 103 Å². The lowest BCUT2D eigenvalue weighted by molar-refractivity contribution is -0.385. The summed E-state index contributed by atoms with van der Waals surface area (Å²) in [5.74, 6) is -0.309. The van der Waals surface area contributed by atoms with Gasteiger partial charge in [-0.1, -0.05) is 30.5 Å². The number of nitrogens with one attached hydrogen (secondary N) is 1. The molecule has 1 aliphatic rings. The van der Waals surface area contributed by atoms with Gasteiger partial charge in [-0.15, -0.1) is 0 Å². The van der Waals surface area contributed by atoms with Crippen LogP contribution in [0.15, 0.2) is 30.6 Å². The van der Waals surface area contributed by atoms with Crippen molar-refractivity contribution in [3.05, 3.63) is 51.6 Å². The average molecular weight is 350 g/mol. The van der Waals surface area contributed by atoms with E-state index in [-0.39, 0.29) is 34.5 Å². The lowest BCUT2D eigenvalue weighted by atomic mass is 9.90. The van der Waals surface area contributed by atoms with E-state index in [2.05, 4.69) is 15.4 Å². The van der Waals surface area contributed by atoms with Gasteiger partial charge in [0.2, 0.25) is 0 Å². The van der Waals surface area contributed by atoms with Crippen LogP contribution in [0.3, 0.4) is 0 Å². The van der Waals surface area contributed by atoms with Crippen LogP contribution < -0.4 is 5.32 Å². The number of hydrogen-bond donors (Lipinski definition) is 1. The van der Waals surface area contributed by atoms with Crippen LogP contribution in [0.2, 0.25) is 5.15 Å². The smallest absolute Gasteiger partial charge is 0.307 e. The van der Waals surface area contributed by atoms with Gasteiger partial charge in [0.05, 0.1) is 17.0 Å². The fourth-order valence-corrected chi connectivity index (χ4v) is 3.14. The highest BCUT2D eigenvalue weighted by molar-refractivity contribution is 6.29. The molecular weight excluding hydrogens is 334 g/mol. The van der Waals surface area contributed by atoms with Crippen LogP contribution in [-0.4, -0.2) is 31.6 Å². The number of carbonyl (C=O) groups is 1. The third-order valence-electron chi connectivity index (χ3n) is 4.13. The van der Waals surface area contributed by atoms with Gasteiger partial charge >= 0.3 is 5.69 Å². The summed E-state index contributed by atoms with van der Waals surface area (Å²) in [5, 5.41) is 18.1. The summed E-state index contributed by atoms with van der Waals surface area (Å²) in [5.41, 5.74) is 0.195. The Bertz CT molecular complexity index is 763. The minimum absolute atomic E-state index is 0.0536. The van der Waals surface area contributed by atoms with Crippen LogP contribution in [0.25, 0.3) is 0 Å². The Hall–Kier alpha value is -2.48. The second-order valence-corrected chi connectivity index (χ2v) is 6.10. The molecule has 2 aromatic heterocycles. The molecule has 9 heteroatoms. The summed E-state index contributed by atoms with van der Waals surface area (Å²) in [6.45, 7) is 0. The third-order valence-corrected chi connectivity index (χ3v) is 4.34. The standard InChI is InChI=1S/C15H16ClN5O3/c16-14-7-3-5-12(18-14)15(22)19-11-4-1-2-6-13(11)20-9-10(8-17-20)21(23)24/h3,5,7-9,11,13H,1-2,4,6H2,(H,19,22)/t11-,13-/m1/s1. The maximum absolute atomic E-state index is 12.4. The number of pyridine rings is 1. The molecule has 2 atom stereocenters. The summed E-state index contributed by atoms with van der Waals surface area (Å²) in [4.78, 5) is 26.7. The van der Waals surface area contributed by atoms with Crippen molar-refractivity contribution in [2.24, 2.45) is 0 Å². The van der Waals surface area contributed by atoms with E-state index in [0.717, 1.165) is 25.7 Å². The van der Waals surface area contributed by atoms with E-state index in [4.69, 9.17) is 11.6 Å². The van der Waals surface area contributed by atoms with Gasteiger partial charge in [0.1, 0.15) is 23.2 Å². The molecule has 0 unspecified atom stereocenters. The minimum Gasteiger partial charge on any atom is -0.346 e. The molecule has 1 aliphatic carbocycles. The minimum atomic E-state index is -0.476. The first kappa shape index (κ1) is 16.4. The number of aromatic nitrogens is 3. The molecule has 2 heterocycles. The summed E-state index contributed by atoms with van der Waals surface area (Å²) in [7, 11) is 0. The number of hydrogen-bond acceptors (Lipinski definition) is 5. The van der Waals surface area contributed by atoms with E-state index in [1.807, 2.05) is 0 Å². The van der Waals surface area contributed by atoms with Crippen LogP contribution >= 0.6 is 11.6 Å². The number of halogens is 1. The van der Waals surface area contributed by atoms with Crippen molar-refractivity contribution in [2.45, 2.75) is 37.8 Å². The first-order valence-corrected chi connectivity index (χ1v) is 8.04. The van der Waals surface area contributed by atoms with Gasteiger partial charge in [0.15, 0.2) is 0 Å². The van der Waals surface area contributed by atoms with Gasteiger partial charge < -0.3 is 5.32 Å². The highest BCUT2D eigenvalue weighted by Gasteiger charge is 2.30. The second-order valence-electron chi connectivity index (χ2n) is 5.71. The Morgan fingerprint density at radius 3 is 2.88 bits per heavy atom. The Kier molecular flexibility index (Phi) is 4.75. The molecular formula is C15H16ClN5O3. The van der Waals surface area contributed by atoms with Crippen LogP contribution in [-0.2, 0) is 0 Å². The van der Waals surface area contributed by atoms with Gasteiger partial charge in [-0.2, -0.15) is 5.10 Å². The Labute approximate surface area is 143 Å². The van der Waals surface area contributed by atoms with E-state index in [9.17, 15) is 14.9 Å². The molecule has 3 rings (SSSR count). The van der Waals surface area contributed by atoms with E-state index >= 15 is 0 Å². The molecule has 0 bridgehead atoms. The van der Waals surface area contributed by atoms with E-state index < -0.39 is 4.92 Å². The molecule has 0 spiro atoms. The molecule has 2 aromatic rings. The van der Waals surface area contributed by atoms with Crippen LogP contribution in [0.4, 0.5) is 5.69 Å². The molecule has 0 saturated heterocycles. The Morgan fingerprint density at radius 2 is 2.17 bits per heavy atom. The molecule has 1 saturated carbocycles. The zero-order chi connectivity index (χ0) is 17.1. The van der Waals surface area contributed by atoms with E-state index in [1.165, 1.54) is 12.4 Å². The van der Waals surface area contributed by atoms with E-state index in [0.29, 0.717) is 0 Å². The van der Waals surface area contributed by atoms with Gasteiger partial charge in [-0.05, 0) is 25.0 Å². The van der Waals surface area contributed by atoms with Crippen molar-refractivity contribution in [1.29, 1.82) is 0 Å². The zero-order valence-electron chi connectivity index (χ0n) is 12.8. The van der Waals surface area contributed by atoms with Crippen molar-refractivity contribution in [2.75, 3.05) is 0 Å². The molecule has 0 radical (unpaired) electrons. The lowest BCUT2D eigenvalue weighted by Gasteiger charge is -2.32. The normalized spacial score (nSPS) is 20.5. The predicted molar refractivity (Wildman–Crippen MR) is 86.9 cm³/mol. The molecule has 0 aromatic carbocycles. The molecule has 8 nitrogen and oxygen atoms in total.